The summed E-state index contributed by atoms with van der Waals surface area (Å²) in [6, 6.07) is 0. The molecule has 0 fully saturated rings. The van der Waals surface area contributed by atoms with Crippen LogP contribution in [0, 0.1) is 3.57 Å². The Labute approximate surface area is 124 Å². The number of rotatable bonds is 4. The third kappa shape index (κ3) is 3.11. The van der Waals surface area contributed by atoms with Crippen molar-refractivity contribution >= 4 is 34.3 Å². The fourth-order valence-electron chi connectivity index (χ4n) is 1.22. The molecular weight excluding hydrogens is 395 g/mol. The first-order chi connectivity index (χ1) is 9.12. The van der Waals surface area contributed by atoms with E-state index in [9.17, 15) is 18.4 Å². The molecule has 1 aromatic heterocycles. The topological polar surface area (TPSA) is 139 Å². The predicted octanol–water partition coefficient (Wildman–Crippen LogP) is -1.58. The highest BCUT2D eigenvalue weighted by Crippen LogP contribution is 2.23. The van der Waals surface area contributed by atoms with Crippen LogP contribution in [0.1, 0.15) is 4.79 Å². The fourth-order valence-corrected chi connectivity index (χ4v) is 1.62. The van der Waals surface area contributed by atoms with Gasteiger partial charge in [0.25, 0.3) is 0 Å². The van der Waals surface area contributed by atoms with E-state index in [1.54, 1.807) is 22.6 Å². The van der Waals surface area contributed by atoms with E-state index in [1.807, 2.05) is 0 Å². The highest BCUT2D eigenvalue weighted by atomic mass is 127. The quantitative estimate of drug-likeness (QED) is 0.444. The van der Waals surface area contributed by atoms with Gasteiger partial charge in [-0.25, -0.2) is 9.36 Å². The molecule has 0 unspecified atom stereocenters. The van der Waals surface area contributed by atoms with E-state index in [0.29, 0.717) is 0 Å². The van der Waals surface area contributed by atoms with Crippen LogP contribution in [0.25, 0.3) is 0 Å². The number of nitrogen functional groups attached to an aromatic ring is 1. The number of aliphatic hydroxyl groups is 3. The molecule has 0 aliphatic rings. The maximum absolute atomic E-state index is 13.7. The smallest absolute Gasteiger partial charge is 0.356 e. The second kappa shape index (κ2) is 6.07. The molecule has 0 aliphatic heterocycles. The molecule has 5 N–H and O–H groups in total. The number of carbonyl (C=O) groups excluding carboxylic acids is 1. The van der Waals surface area contributed by atoms with Gasteiger partial charge in [-0.1, -0.05) is 0 Å². The van der Waals surface area contributed by atoms with E-state index in [4.69, 9.17) is 21.1 Å². The molecule has 1 heterocycles. The second-order valence-corrected chi connectivity index (χ2v) is 4.91. The lowest BCUT2D eigenvalue weighted by Gasteiger charge is -2.24. The average Bonchev–Trinajstić information content (AvgIpc) is 2.40. The molecule has 1 aromatic rings. The Bertz CT molecular complexity index is 579. The maximum atomic E-state index is 13.7. The molecular formula is C9H10F2IN3O5. The molecule has 11 heteroatoms. The Kier molecular flexibility index (Phi) is 5.12. The van der Waals surface area contributed by atoms with Gasteiger partial charge in [0.05, 0.1) is 10.2 Å². The molecule has 8 nitrogen and oxygen atoms in total. The van der Waals surface area contributed by atoms with Crippen LogP contribution < -0.4 is 11.4 Å². The highest BCUT2D eigenvalue weighted by molar-refractivity contribution is 14.1. The molecule has 0 aromatic carbocycles. The van der Waals surface area contributed by atoms with Crippen LogP contribution in [-0.4, -0.2) is 55.5 Å². The molecule has 0 aliphatic carbocycles. The zero-order valence-electron chi connectivity index (χ0n) is 9.70. The summed E-state index contributed by atoms with van der Waals surface area (Å²) in [5.41, 5.74) is 3.93. The molecule has 20 heavy (non-hydrogen) atoms. The average molecular weight is 405 g/mol. The van der Waals surface area contributed by atoms with Crippen LogP contribution in [0.5, 0.6) is 0 Å². The van der Waals surface area contributed by atoms with Crippen molar-refractivity contribution < 1.29 is 28.9 Å². The van der Waals surface area contributed by atoms with Gasteiger partial charge in [0.1, 0.15) is 11.9 Å². The lowest BCUT2D eigenvalue weighted by atomic mass is 10.1. The number of halogens is 3. The largest absolute Gasteiger partial charge is 0.394 e. The number of carbonyl (C=O) groups is 1. The van der Waals surface area contributed by atoms with Crippen molar-refractivity contribution in [3.05, 3.63) is 20.3 Å². The molecule has 112 valence electrons. The number of nitrogens with zero attached hydrogens (tertiary/aromatic N) is 2. The highest BCUT2D eigenvalue weighted by Gasteiger charge is 2.51. The minimum Gasteiger partial charge on any atom is -0.394 e. The van der Waals surface area contributed by atoms with Gasteiger partial charge < -0.3 is 21.1 Å². The third-order valence-electron chi connectivity index (χ3n) is 2.34. The Hall–Kier alpha value is -1.18. The van der Waals surface area contributed by atoms with Gasteiger partial charge in [0.15, 0.2) is 6.10 Å². The summed E-state index contributed by atoms with van der Waals surface area (Å²) in [4.78, 5) is 26.1. The summed E-state index contributed by atoms with van der Waals surface area (Å²) >= 11 is 1.57. The Balaban J connectivity index is 3.24. The number of hydrogen-bond acceptors (Lipinski definition) is 7. The summed E-state index contributed by atoms with van der Waals surface area (Å²) in [7, 11) is 0. The molecule has 2 atom stereocenters. The number of alkyl halides is 2. The molecule has 1 rings (SSSR count). The second-order valence-electron chi connectivity index (χ2n) is 3.75. The summed E-state index contributed by atoms with van der Waals surface area (Å²) < 4.78 is 27.4. The maximum Gasteiger partial charge on any atom is 0.356 e. The monoisotopic (exact) mass is 405 g/mol. The predicted molar refractivity (Wildman–Crippen MR) is 70.3 cm³/mol. The zero-order chi connectivity index (χ0) is 15.7. The summed E-state index contributed by atoms with van der Waals surface area (Å²) in [6.45, 7) is -1.18. The van der Waals surface area contributed by atoms with Crippen molar-refractivity contribution in [1.82, 2.24) is 9.55 Å². The standard InChI is InChI=1S/C9H10F2IN3O5/c10-9(11,5(18)4(17)2-16)7(19)15-1-3(12)6(13)14-8(15)20/h1,4-5,16-18H,2H2,(H2,13,14,20)/t4-,5-/m1/s1. The number of nitrogens with two attached hydrogens (primary N) is 1. The van der Waals surface area contributed by atoms with Crippen LogP contribution in [0.4, 0.5) is 14.6 Å². The minimum atomic E-state index is -4.49. The van der Waals surface area contributed by atoms with Gasteiger partial charge in [-0.3, -0.25) is 4.79 Å². The Morgan fingerprint density at radius 3 is 2.60 bits per heavy atom. The van der Waals surface area contributed by atoms with Gasteiger partial charge in [0, 0.05) is 6.20 Å². The van der Waals surface area contributed by atoms with E-state index >= 15 is 0 Å². The third-order valence-corrected chi connectivity index (χ3v) is 3.17. The number of aliphatic hydroxyl groups excluding tert-OH is 3. The van der Waals surface area contributed by atoms with Crippen molar-refractivity contribution in [2.24, 2.45) is 0 Å². The summed E-state index contributed by atoms with van der Waals surface area (Å²) in [5, 5.41) is 26.6. The van der Waals surface area contributed by atoms with E-state index in [2.05, 4.69) is 4.98 Å². The Morgan fingerprint density at radius 2 is 2.10 bits per heavy atom. The first kappa shape index (κ1) is 16.9. The lowest BCUT2D eigenvalue weighted by molar-refractivity contribution is -0.136. The van der Waals surface area contributed by atoms with Crippen LogP contribution >= 0.6 is 22.6 Å². The van der Waals surface area contributed by atoms with Crippen LogP contribution in [0.3, 0.4) is 0 Å². The van der Waals surface area contributed by atoms with E-state index in [0.717, 1.165) is 6.20 Å². The van der Waals surface area contributed by atoms with Gasteiger partial charge >= 0.3 is 17.5 Å². The molecule has 0 bridgehead atoms. The Morgan fingerprint density at radius 1 is 1.55 bits per heavy atom. The minimum absolute atomic E-state index is 0.0224. The van der Waals surface area contributed by atoms with Crippen molar-refractivity contribution in [2.75, 3.05) is 12.3 Å². The molecule has 0 saturated heterocycles. The van der Waals surface area contributed by atoms with Gasteiger partial charge in [-0.05, 0) is 22.6 Å². The van der Waals surface area contributed by atoms with Crippen molar-refractivity contribution in [2.45, 2.75) is 18.1 Å². The fraction of sp³-hybridized carbons (Fsp3) is 0.444. The number of aromatic nitrogens is 2. The molecule has 0 spiro atoms. The number of anilines is 1. The summed E-state index contributed by atoms with van der Waals surface area (Å²) in [5.74, 6) is -6.82. The first-order valence-corrected chi connectivity index (χ1v) is 6.15. The van der Waals surface area contributed by atoms with E-state index in [-0.39, 0.29) is 14.0 Å². The first-order valence-electron chi connectivity index (χ1n) is 5.07. The van der Waals surface area contributed by atoms with Gasteiger partial charge in [-0.2, -0.15) is 13.8 Å². The molecule has 0 saturated carbocycles. The van der Waals surface area contributed by atoms with E-state index < -0.39 is 36.3 Å². The van der Waals surface area contributed by atoms with Crippen LogP contribution in [0.2, 0.25) is 0 Å². The summed E-state index contributed by atoms with van der Waals surface area (Å²) in [6.07, 6.45) is -4.38. The SMILES string of the molecule is Nc1nc(=O)n(C(=O)C(F)(F)[C@H](O)[C@H](O)CO)cc1I. The van der Waals surface area contributed by atoms with E-state index in [1.165, 1.54) is 0 Å². The normalized spacial score (nSPS) is 14.9. The van der Waals surface area contributed by atoms with Gasteiger partial charge in [-0.15, -0.1) is 0 Å². The molecule has 0 amide bonds. The number of hydrogen-bond donors (Lipinski definition) is 4. The molecule has 0 radical (unpaired) electrons. The van der Waals surface area contributed by atoms with Crippen molar-refractivity contribution in [3.8, 4) is 0 Å². The van der Waals surface area contributed by atoms with Crippen LogP contribution in [0.15, 0.2) is 11.0 Å². The van der Waals surface area contributed by atoms with Crippen molar-refractivity contribution in [1.29, 1.82) is 0 Å². The zero-order valence-corrected chi connectivity index (χ0v) is 11.9. The van der Waals surface area contributed by atoms with Gasteiger partial charge in [0.2, 0.25) is 0 Å². The lowest BCUT2D eigenvalue weighted by Crippen LogP contribution is -2.53. The van der Waals surface area contributed by atoms with Crippen LogP contribution in [-0.2, 0) is 0 Å². The van der Waals surface area contributed by atoms with Crippen molar-refractivity contribution in [3.63, 3.8) is 0 Å².